The van der Waals surface area contributed by atoms with Crippen molar-refractivity contribution in [2.75, 3.05) is 11.5 Å². The molecule has 1 aliphatic heterocycles. The van der Waals surface area contributed by atoms with Gasteiger partial charge in [0.25, 0.3) is 0 Å². The first kappa shape index (κ1) is 9.00. The predicted octanol–water partition coefficient (Wildman–Crippen LogP) is 0.192. The highest BCUT2D eigenvalue weighted by molar-refractivity contribution is 7.91. The fourth-order valence-electron chi connectivity index (χ4n) is 1.31. The van der Waals surface area contributed by atoms with Gasteiger partial charge in [-0.05, 0) is 12.3 Å². The van der Waals surface area contributed by atoms with E-state index in [1.807, 2.05) is 13.8 Å². The summed E-state index contributed by atoms with van der Waals surface area (Å²) in [6.45, 7) is 3.70. The van der Waals surface area contributed by atoms with Gasteiger partial charge in [-0.3, -0.25) is 0 Å². The van der Waals surface area contributed by atoms with Gasteiger partial charge in [-0.1, -0.05) is 13.8 Å². The van der Waals surface area contributed by atoms with Crippen molar-refractivity contribution in [2.24, 2.45) is 5.92 Å². The molecule has 66 valence electrons. The van der Waals surface area contributed by atoms with Gasteiger partial charge in [0.15, 0.2) is 9.84 Å². The maximum Gasteiger partial charge on any atom is 0.153 e. The van der Waals surface area contributed by atoms with E-state index in [0.717, 1.165) is 0 Å². The van der Waals surface area contributed by atoms with Crippen molar-refractivity contribution in [1.82, 2.24) is 0 Å². The Hall–Kier alpha value is -0.0900. The molecule has 0 spiro atoms. The monoisotopic (exact) mass is 178 g/mol. The molecule has 0 radical (unpaired) electrons. The van der Waals surface area contributed by atoms with Crippen LogP contribution in [0.4, 0.5) is 0 Å². The molecule has 0 bridgehead atoms. The van der Waals surface area contributed by atoms with E-state index >= 15 is 0 Å². The molecule has 11 heavy (non-hydrogen) atoms. The minimum absolute atomic E-state index is 0.0276. The summed E-state index contributed by atoms with van der Waals surface area (Å²) in [5.41, 5.74) is -0.959. The standard InChI is InChI=1S/C7H14O3S/c1-6(2)7(8)3-4-11(9,10)5-7/h6,8H,3-5H2,1-2H3. The summed E-state index contributed by atoms with van der Waals surface area (Å²) in [6.07, 6.45) is 0.396. The minimum atomic E-state index is -2.95. The third-order valence-corrected chi connectivity index (χ3v) is 4.16. The molecule has 4 heteroatoms. The van der Waals surface area contributed by atoms with Crippen LogP contribution in [0.15, 0.2) is 0 Å². The van der Waals surface area contributed by atoms with E-state index in [4.69, 9.17) is 0 Å². The zero-order chi connectivity index (χ0) is 8.70. The normalized spacial score (nSPS) is 36.4. The molecular weight excluding hydrogens is 164 g/mol. The van der Waals surface area contributed by atoms with Gasteiger partial charge < -0.3 is 5.11 Å². The second-order valence-electron chi connectivity index (χ2n) is 3.60. The summed E-state index contributed by atoms with van der Waals surface area (Å²) >= 11 is 0. The van der Waals surface area contributed by atoms with E-state index in [9.17, 15) is 13.5 Å². The zero-order valence-corrected chi connectivity index (χ0v) is 7.69. The van der Waals surface area contributed by atoms with Gasteiger partial charge in [0.2, 0.25) is 0 Å². The Morgan fingerprint density at radius 3 is 2.18 bits per heavy atom. The highest BCUT2D eigenvalue weighted by Gasteiger charge is 2.42. The SMILES string of the molecule is CC(C)C1(O)CCS(=O)(=O)C1. The van der Waals surface area contributed by atoms with Crippen LogP contribution in [-0.4, -0.2) is 30.6 Å². The van der Waals surface area contributed by atoms with Crippen LogP contribution in [0.25, 0.3) is 0 Å². The van der Waals surface area contributed by atoms with Crippen LogP contribution in [0.2, 0.25) is 0 Å². The van der Waals surface area contributed by atoms with Crippen molar-refractivity contribution in [1.29, 1.82) is 0 Å². The molecule has 1 N–H and O–H groups in total. The third-order valence-electron chi connectivity index (χ3n) is 2.39. The molecule has 1 atom stereocenters. The first-order valence-corrected chi connectivity index (χ1v) is 5.61. The average Bonchev–Trinajstić information content (AvgIpc) is 2.08. The smallest absolute Gasteiger partial charge is 0.153 e. The number of aliphatic hydroxyl groups is 1. The average molecular weight is 178 g/mol. The van der Waals surface area contributed by atoms with Crippen LogP contribution in [0.1, 0.15) is 20.3 Å². The molecule has 1 fully saturated rings. The van der Waals surface area contributed by atoms with Gasteiger partial charge in [-0.25, -0.2) is 8.42 Å². The zero-order valence-electron chi connectivity index (χ0n) is 6.87. The van der Waals surface area contributed by atoms with E-state index in [1.165, 1.54) is 0 Å². The fraction of sp³-hybridized carbons (Fsp3) is 1.00. The van der Waals surface area contributed by atoms with E-state index in [-0.39, 0.29) is 17.4 Å². The Balaban J connectivity index is 2.82. The molecular formula is C7H14O3S. The fourth-order valence-corrected chi connectivity index (χ4v) is 3.36. The van der Waals surface area contributed by atoms with Crippen molar-refractivity contribution in [3.05, 3.63) is 0 Å². The maximum atomic E-state index is 11.0. The Morgan fingerprint density at radius 1 is 1.45 bits per heavy atom. The molecule has 0 aliphatic carbocycles. The lowest BCUT2D eigenvalue weighted by Gasteiger charge is -2.24. The number of hydrogen-bond acceptors (Lipinski definition) is 3. The van der Waals surface area contributed by atoms with Gasteiger partial charge in [0.1, 0.15) is 0 Å². The quantitative estimate of drug-likeness (QED) is 0.623. The van der Waals surface area contributed by atoms with Crippen LogP contribution in [0.5, 0.6) is 0 Å². The summed E-state index contributed by atoms with van der Waals surface area (Å²) in [7, 11) is -2.95. The summed E-state index contributed by atoms with van der Waals surface area (Å²) in [6, 6.07) is 0. The molecule has 0 amide bonds. The molecule has 0 saturated carbocycles. The molecule has 1 saturated heterocycles. The molecule has 1 unspecified atom stereocenters. The summed E-state index contributed by atoms with van der Waals surface area (Å²) in [5.74, 6) is 0.110. The Morgan fingerprint density at radius 2 is 2.00 bits per heavy atom. The van der Waals surface area contributed by atoms with E-state index in [2.05, 4.69) is 0 Å². The van der Waals surface area contributed by atoms with Crippen molar-refractivity contribution in [3.63, 3.8) is 0 Å². The molecule has 1 heterocycles. The largest absolute Gasteiger partial charge is 0.389 e. The lowest BCUT2D eigenvalue weighted by molar-refractivity contribution is 0.0210. The number of hydrogen-bond donors (Lipinski definition) is 1. The van der Waals surface area contributed by atoms with E-state index in [1.54, 1.807) is 0 Å². The van der Waals surface area contributed by atoms with Crippen molar-refractivity contribution >= 4 is 9.84 Å². The van der Waals surface area contributed by atoms with Crippen LogP contribution < -0.4 is 0 Å². The van der Waals surface area contributed by atoms with Crippen LogP contribution in [-0.2, 0) is 9.84 Å². The van der Waals surface area contributed by atoms with Gasteiger partial charge in [-0.15, -0.1) is 0 Å². The van der Waals surface area contributed by atoms with Crippen LogP contribution >= 0.6 is 0 Å². The van der Waals surface area contributed by atoms with E-state index in [0.29, 0.717) is 6.42 Å². The number of rotatable bonds is 1. The molecule has 3 nitrogen and oxygen atoms in total. The minimum Gasteiger partial charge on any atom is -0.389 e. The maximum absolute atomic E-state index is 11.0. The molecule has 1 rings (SSSR count). The second kappa shape index (κ2) is 2.45. The third kappa shape index (κ3) is 1.73. The molecule has 0 aromatic rings. The lowest BCUT2D eigenvalue weighted by atomic mass is 9.90. The lowest BCUT2D eigenvalue weighted by Crippen LogP contribution is -2.35. The molecule has 1 aliphatic rings. The van der Waals surface area contributed by atoms with Gasteiger partial charge in [0.05, 0.1) is 17.1 Å². The van der Waals surface area contributed by atoms with Crippen molar-refractivity contribution in [3.8, 4) is 0 Å². The highest BCUT2D eigenvalue weighted by atomic mass is 32.2. The highest BCUT2D eigenvalue weighted by Crippen LogP contribution is 2.29. The van der Waals surface area contributed by atoms with Gasteiger partial charge >= 0.3 is 0 Å². The van der Waals surface area contributed by atoms with E-state index < -0.39 is 15.4 Å². The topological polar surface area (TPSA) is 54.4 Å². The van der Waals surface area contributed by atoms with Gasteiger partial charge in [0, 0.05) is 0 Å². The summed E-state index contributed by atoms with van der Waals surface area (Å²) in [5, 5.41) is 9.72. The Labute approximate surface area is 67.3 Å². The molecule has 0 aromatic carbocycles. The van der Waals surface area contributed by atoms with Gasteiger partial charge in [-0.2, -0.15) is 0 Å². The Bertz CT molecular complexity index is 242. The first-order valence-electron chi connectivity index (χ1n) is 3.78. The number of sulfone groups is 1. The second-order valence-corrected chi connectivity index (χ2v) is 5.78. The van der Waals surface area contributed by atoms with Crippen molar-refractivity contribution < 1.29 is 13.5 Å². The van der Waals surface area contributed by atoms with Crippen LogP contribution in [0, 0.1) is 5.92 Å². The van der Waals surface area contributed by atoms with Crippen LogP contribution in [0.3, 0.4) is 0 Å². The van der Waals surface area contributed by atoms with Crippen molar-refractivity contribution in [2.45, 2.75) is 25.9 Å². The summed E-state index contributed by atoms with van der Waals surface area (Å²) in [4.78, 5) is 0. The summed E-state index contributed by atoms with van der Waals surface area (Å²) < 4.78 is 22.0. The predicted molar refractivity (Wildman–Crippen MR) is 43.1 cm³/mol. The Kier molecular flexibility index (Phi) is 2.01. The first-order chi connectivity index (χ1) is 4.86. The molecule has 0 aromatic heterocycles.